The van der Waals surface area contributed by atoms with E-state index in [4.69, 9.17) is 4.74 Å². The molecule has 0 unspecified atom stereocenters. The Bertz CT molecular complexity index is 198. The van der Waals surface area contributed by atoms with E-state index in [1.807, 2.05) is 6.92 Å². The summed E-state index contributed by atoms with van der Waals surface area (Å²) >= 11 is 0. The monoisotopic (exact) mass is 227 g/mol. The molecule has 0 N–H and O–H groups in total. The Hall–Kier alpha value is -0.570. The lowest BCUT2D eigenvalue weighted by molar-refractivity contribution is -0.143. The molecule has 1 saturated carbocycles. The lowest BCUT2D eigenvalue weighted by Gasteiger charge is -2.26. The zero-order valence-electron chi connectivity index (χ0n) is 10.7. The third-order valence-corrected chi connectivity index (χ3v) is 3.42. The highest BCUT2D eigenvalue weighted by atomic mass is 16.5. The molecule has 0 heterocycles. The second-order valence-electron chi connectivity index (χ2n) is 4.68. The van der Waals surface area contributed by atoms with Crippen LogP contribution in [0.2, 0.25) is 0 Å². The van der Waals surface area contributed by atoms with Gasteiger partial charge in [0, 0.05) is 12.6 Å². The Morgan fingerprint density at radius 3 is 2.44 bits per heavy atom. The Labute approximate surface area is 99.1 Å². The molecule has 0 atom stereocenters. The standard InChI is InChI=1S/C13H25NO2/c1-3-16-13(15)10-11-14(2)12-8-6-4-5-7-9-12/h12H,3-11H2,1-2H3. The fourth-order valence-corrected chi connectivity index (χ4v) is 2.38. The van der Waals surface area contributed by atoms with Crippen molar-refractivity contribution in [2.75, 3.05) is 20.2 Å². The molecule has 0 radical (unpaired) electrons. The van der Waals surface area contributed by atoms with Gasteiger partial charge in [0.15, 0.2) is 0 Å². The van der Waals surface area contributed by atoms with Gasteiger partial charge in [-0.3, -0.25) is 4.79 Å². The van der Waals surface area contributed by atoms with Crippen molar-refractivity contribution in [2.24, 2.45) is 0 Å². The number of nitrogens with zero attached hydrogens (tertiary/aromatic N) is 1. The molecular formula is C13H25NO2. The molecule has 1 rings (SSSR count). The fourth-order valence-electron chi connectivity index (χ4n) is 2.38. The molecule has 3 nitrogen and oxygen atoms in total. The van der Waals surface area contributed by atoms with Crippen molar-refractivity contribution in [1.29, 1.82) is 0 Å². The van der Waals surface area contributed by atoms with Gasteiger partial charge < -0.3 is 9.64 Å². The maximum atomic E-state index is 11.2. The predicted octanol–water partition coefficient (Wildman–Crippen LogP) is 2.59. The van der Waals surface area contributed by atoms with E-state index >= 15 is 0 Å². The van der Waals surface area contributed by atoms with E-state index in [9.17, 15) is 4.79 Å². The number of carbonyl (C=O) groups is 1. The number of esters is 1. The summed E-state index contributed by atoms with van der Waals surface area (Å²) < 4.78 is 4.94. The molecule has 0 bridgehead atoms. The summed E-state index contributed by atoms with van der Waals surface area (Å²) in [6.07, 6.45) is 8.55. The van der Waals surface area contributed by atoms with Gasteiger partial charge in [-0.2, -0.15) is 0 Å². The van der Waals surface area contributed by atoms with Gasteiger partial charge in [-0.25, -0.2) is 0 Å². The number of hydrogen-bond donors (Lipinski definition) is 0. The van der Waals surface area contributed by atoms with Gasteiger partial charge in [-0.1, -0.05) is 25.7 Å². The second-order valence-corrected chi connectivity index (χ2v) is 4.68. The van der Waals surface area contributed by atoms with Crippen LogP contribution in [0.25, 0.3) is 0 Å². The lowest BCUT2D eigenvalue weighted by atomic mass is 10.1. The third-order valence-electron chi connectivity index (χ3n) is 3.42. The topological polar surface area (TPSA) is 29.5 Å². The van der Waals surface area contributed by atoms with Crippen LogP contribution in [0.3, 0.4) is 0 Å². The number of rotatable bonds is 5. The van der Waals surface area contributed by atoms with E-state index in [0.717, 1.165) is 6.54 Å². The van der Waals surface area contributed by atoms with Crippen molar-refractivity contribution < 1.29 is 9.53 Å². The van der Waals surface area contributed by atoms with Crippen LogP contribution < -0.4 is 0 Å². The molecule has 1 fully saturated rings. The molecule has 1 aliphatic rings. The highest BCUT2D eigenvalue weighted by Crippen LogP contribution is 2.20. The van der Waals surface area contributed by atoms with Crippen molar-refractivity contribution in [3.8, 4) is 0 Å². The molecule has 0 amide bonds. The minimum atomic E-state index is -0.0667. The van der Waals surface area contributed by atoms with Crippen LogP contribution in [-0.2, 0) is 9.53 Å². The average molecular weight is 227 g/mol. The highest BCUT2D eigenvalue weighted by Gasteiger charge is 2.17. The van der Waals surface area contributed by atoms with E-state index in [2.05, 4.69) is 11.9 Å². The van der Waals surface area contributed by atoms with Gasteiger partial charge >= 0.3 is 5.97 Å². The van der Waals surface area contributed by atoms with Crippen LogP contribution in [-0.4, -0.2) is 37.1 Å². The predicted molar refractivity (Wildman–Crippen MR) is 65.4 cm³/mol. The van der Waals surface area contributed by atoms with Crippen LogP contribution in [0.15, 0.2) is 0 Å². The van der Waals surface area contributed by atoms with Gasteiger partial charge in [-0.05, 0) is 26.8 Å². The number of ether oxygens (including phenoxy) is 1. The Morgan fingerprint density at radius 2 is 1.88 bits per heavy atom. The lowest BCUT2D eigenvalue weighted by Crippen LogP contribution is -2.33. The summed E-state index contributed by atoms with van der Waals surface area (Å²) in [4.78, 5) is 13.6. The van der Waals surface area contributed by atoms with E-state index in [0.29, 0.717) is 19.1 Å². The zero-order chi connectivity index (χ0) is 11.8. The Morgan fingerprint density at radius 1 is 1.25 bits per heavy atom. The van der Waals surface area contributed by atoms with Gasteiger partial charge in [-0.15, -0.1) is 0 Å². The average Bonchev–Trinajstić information content (AvgIpc) is 2.55. The van der Waals surface area contributed by atoms with Crippen LogP contribution in [0.4, 0.5) is 0 Å². The molecule has 0 aliphatic heterocycles. The first-order chi connectivity index (χ1) is 7.74. The number of carbonyl (C=O) groups excluding carboxylic acids is 1. The summed E-state index contributed by atoms with van der Waals surface area (Å²) in [5, 5.41) is 0. The summed E-state index contributed by atoms with van der Waals surface area (Å²) in [6.45, 7) is 3.18. The quantitative estimate of drug-likeness (QED) is 0.534. The third kappa shape index (κ3) is 4.97. The van der Waals surface area contributed by atoms with Gasteiger partial charge in [0.2, 0.25) is 0 Å². The Balaban J connectivity index is 2.22. The fraction of sp³-hybridized carbons (Fsp3) is 0.923. The molecule has 0 saturated heterocycles. The highest BCUT2D eigenvalue weighted by molar-refractivity contribution is 5.69. The van der Waals surface area contributed by atoms with Crippen molar-refractivity contribution in [2.45, 2.75) is 57.9 Å². The maximum Gasteiger partial charge on any atom is 0.307 e. The first kappa shape index (κ1) is 13.5. The largest absolute Gasteiger partial charge is 0.466 e. The molecule has 0 aromatic carbocycles. The smallest absolute Gasteiger partial charge is 0.307 e. The van der Waals surface area contributed by atoms with Crippen LogP contribution in [0.1, 0.15) is 51.9 Å². The molecule has 94 valence electrons. The van der Waals surface area contributed by atoms with E-state index in [-0.39, 0.29) is 5.97 Å². The maximum absolute atomic E-state index is 11.2. The summed E-state index contributed by atoms with van der Waals surface area (Å²) in [5.41, 5.74) is 0. The normalized spacial score (nSPS) is 18.4. The molecule has 0 aromatic rings. The molecule has 0 aromatic heterocycles. The van der Waals surface area contributed by atoms with Gasteiger partial charge in [0.1, 0.15) is 0 Å². The van der Waals surface area contributed by atoms with Crippen molar-refractivity contribution >= 4 is 5.97 Å². The first-order valence-corrected chi connectivity index (χ1v) is 6.60. The first-order valence-electron chi connectivity index (χ1n) is 6.60. The summed E-state index contributed by atoms with van der Waals surface area (Å²) in [7, 11) is 2.13. The van der Waals surface area contributed by atoms with Crippen molar-refractivity contribution in [3.05, 3.63) is 0 Å². The van der Waals surface area contributed by atoms with Gasteiger partial charge in [0.05, 0.1) is 13.0 Å². The summed E-state index contributed by atoms with van der Waals surface area (Å²) in [5.74, 6) is -0.0667. The van der Waals surface area contributed by atoms with Crippen LogP contribution in [0.5, 0.6) is 0 Å². The summed E-state index contributed by atoms with van der Waals surface area (Å²) in [6, 6.07) is 0.678. The zero-order valence-corrected chi connectivity index (χ0v) is 10.7. The van der Waals surface area contributed by atoms with Gasteiger partial charge in [0.25, 0.3) is 0 Å². The van der Waals surface area contributed by atoms with Crippen molar-refractivity contribution in [3.63, 3.8) is 0 Å². The molecule has 1 aliphatic carbocycles. The molecule has 0 spiro atoms. The Kier molecular flexibility index (Phi) is 6.46. The molecule has 3 heteroatoms. The van der Waals surface area contributed by atoms with E-state index < -0.39 is 0 Å². The van der Waals surface area contributed by atoms with Crippen LogP contribution >= 0.6 is 0 Å². The van der Waals surface area contributed by atoms with Crippen molar-refractivity contribution in [1.82, 2.24) is 4.90 Å². The molecule has 16 heavy (non-hydrogen) atoms. The minimum Gasteiger partial charge on any atom is -0.466 e. The second kappa shape index (κ2) is 7.66. The van der Waals surface area contributed by atoms with Crippen LogP contribution in [0, 0.1) is 0 Å². The van der Waals surface area contributed by atoms with E-state index in [1.54, 1.807) is 0 Å². The molecular weight excluding hydrogens is 202 g/mol. The van der Waals surface area contributed by atoms with E-state index in [1.165, 1.54) is 38.5 Å². The SMILES string of the molecule is CCOC(=O)CCN(C)C1CCCCCC1. The number of hydrogen-bond acceptors (Lipinski definition) is 3. The minimum absolute atomic E-state index is 0.0667.